The van der Waals surface area contributed by atoms with E-state index in [9.17, 15) is 0 Å². The molecule has 1 heterocycles. The number of rotatable bonds is 6. The lowest BCUT2D eigenvalue weighted by molar-refractivity contribution is 0.151. The molecule has 1 aliphatic rings. The molecular formula is C13H28N4O. The second-order valence-electron chi connectivity index (χ2n) is 5.97. The topological polar surface area (TPSA) is 65.1 Å². The molecule has 0 saturated carbocycles. The Balaban J connectivity index is 2.15. The maximum absolute atomic E-state index is 8.71. The lowest BCUT2D eigenvalue weighted by Gasteiger charge is -2.32. The molecule has 0 atom stereocenters. The fourth-order valence-electron chi connectivity index (χ4n) is 2.24. The minimum Gasteiger partial charge on any atom is -0.409 e. The van der Waals surface area contributed by atoms with Crippen LogP contribution in [0.25, 0.3) is 0 Å². The molecule has 1 saturated heterocycles. The number of unbranched alkanes of at least 4 members (excludes halogenated alkanes) is 1. The van der Waals surface area contributed by atoms with Gasteiger partial charge in [-0.25, -0.2) is 0 Å². The predicted octanol–water partition coefficient (Wildman–Crippen LogP) is 1.18. The normalized spacial score (nSPS) is 20.3. The van der Waals surface area contributed by atoms with E-state index in [1.54, 1.807) is 0 Å². The van der Waals surface area contributed by atoms with E-state index >= 15 is 0 Å². The summed E-state index contributed by atoms with van der Waals surface area (Å²) in [4.78, 5) is 4.90. The Morgan fingerprint density at radius 2 is 1.83 bits per heavy atom. The fourth-order valence-corrected chi connectivity index (χ4v) is 2.24. The number of piperazine rings is 1. The van der Waals surface area contributed by atoms with Crippen LogP contribution in [0.3, 0.4) is 0 Å². The summed E-state index contributed by atoms with van der Waals surface area (Å²) >= 11 is 0. The highest BCUT2D eigenvalue weighted by Crippen LogP contribution is 2.23. The summed E-state index contributed by atoms with van der Waals surface area (Å²) in [6.45, 7) is 9.93. The minimum atomic E-state index is -0.198. The predicted molar refractivity (Wildman–Crippen MR) is 75.0 cm³/mol. The van der Waals surface area contributed by atoms with E-state index in [4.69, 9.17) is 10.9 Å². The summed E-state index contributed by atoms with van der Waals surface area (Å²) in [7, 11) is 2.18. The summed E-state index contributed by atoms with van der Waals surface area (Å²) < 4.78 is 0. The largest absolute Gasteiger partial charge is 0.409 e. The van der Waals surface area contributed by atoms with Crippen molar-refractivity contribution < 1.29 is 5.21 Å². The molecule has 106 valence electrons. The van der Waals surface area contributed by atoms with Crippen LogP contribution >= 0.6 is 0 Å². The molecule has 0 bridgehead atoms. The van der Waals surface area contributed by atoms with E-state index in [0.717, 1.165) is 12.8 Å². The van der Waals surface area contributed by atoms with Crippen molar-refractivity contribution in [3.63, 3.8) is 0 Å². The lowest BCUT2D eigenvalue weighted by atomic mass is 9.86. The van der Waals surface area contributed by atoms with E-state index in [0.29, 0.717) is 5.84 Å². The van der Waals surface area contributed by atoms with Gasteiger partial charge >= 0.3 is 0 Å². The first-order valence-corrected chi connectivity index (χ1v) is 6.84. The lowest BCUT2D eigenvalue weighted by Crippen LogP contribution is -2.44. The van der Waals surface area contributed by atoms with Gasteiger partial charge in [-0.2, -0.15) is 0 Å². The van der Waals surface area contributed by atoms with Crippen molar-refractivity contribution in [2.45, 2.75) is 33.1 Å². The molecule has 5 nitrogen and oxygen atoms in total. The van der Waals surface area contributed by atoms with Crippen LogP contribution in [0.5, 0.6) is 0 Å². The molecule has 0 aromatic rings. The second kappa shape index (κ2) is 6.95. The Kier molecular flexibility index (Phi) is 5.88. The zero-order chi connectivity index (χ0) is 13.6. The van der Waals surface area contributed by atoms with Crippen LogP contribution < -0.4 is 5.73 Å². The Hall–Kier alpha value is -0.810. The van der Waals surface area contributed by atoms with Gasteiger partial charge in [0.05, 0.1) is 0 Å². The highest BCUT2D eigenvalue weighted by atomic mass is 16.4. The first-order chi connectivity index (χ1) is 8.45. The number of nitrogens with two attached hydrogens (primary N) is 1. The van der Waals surface area contributed by atoms with Gasteiger partial charge in [0.2, 0.25) is 0 Å². The first-order valence-electron chi connectivity index (χ1n) is 6.84. The van der Waals surface area contributed by atoms with Crippen LogP contribution in [0.4, 0.5) is 0 Å². The highest BCUT2D eigenvalue weighted by Gasteiger charge is 2.23. The van der Waals surface area contributed by atoms with Crippen LogP contribution in [0.1, 0.15) is 33.1 Å². The van der Waals surface area contributed by atoms with E-state index in [1.165, 1.54) is 39.1 Å². The highest BCUT2D eigenvalue weighted by molar-refractivity contribution is 5.85. The molecule has 1 aliphatic heterocycles. The molecule has 0 spiro atoms. The third-order valence-electron chi connectivity index (χ3n) is 3.92. The van der Waals surface area contributed by atoms with Crippen LogP contribution in [-0.4, -0.2) is 60.6 Å². The van der Waals surface area contributed by atoms with Crippen molar-refractivity contribution in [1.82, 2.24) is 9.80 Å². The molecule has 1 fully saturated rings. The SMILES string of the molecule is CN1CCN(CCCCC(C)(C)C(N)=NO)CC1. The Morgan fingerprint density at radius 1 is 1.22 bits per heavy atom. The minimum absolute atomic E-state index is 0.198. The fraction of sp³-hybridized carbons (Fsp3) is 0.923. The Bertz CT molecular complexity index is 270. The Labute approximate surface area is 111 Å². The molecule has 5 heteroatoms. The van der Waals surface area contributed by atoms with Crippen molar-refractivity contribution in [3.8, 4) is 0 Å². The van der Waals surface area contributed by atoms with Crippen molar-refractivity contribution >= 4 is 5.84 Å². The first kappa shape index (κ1) is 15.2. The molecule has 3 N–H and O–H groups in total. The molecule has 0 unspecified atom stereocenters. The van der Waals surface area contributed by atoms with E-state index in [2.05, 4.69) is 22.0 Å². The molecular weight excluding hydrogens is 228 g/mol. The van der Waals surface area contributed by atoms with Gasteiger partial charge in [0.25, 0.3) is 0 Å². The van der Waals surface area contributed by atoms with Crippen LogP contribution in [0.2, 0.25) is 0 Å². The van der Waals surface area contributed by atoms with E-state index < -0.39 is 0 Å². The monoisotopic (exact) mass is 256 g/mol. The average molecular weight is 256 g/mol. The summed E-state index contributed by atoms with van der Waals surface area (Å²) in [5.41, 5.74) is 5.48. The van der Waals surface area contributed by atoms with Crippen LogP contribution in [0, 0.1) is 5.41 Å². The Morgan fingerprint density at radius 3 is 2.39 bits per heavy atom. The maximum Gasteiger partial charge on any atom is 0.144 e. The van der Waals surface area contributed by atoms with Crippen molar-refractivity contribution in [1.29, 1.82) is 0 Å². The molecule has 1 rings (SSSR count). The smallest absolute Gasteiger partial charge is 0.144 e. The summed E-state index contributed by atoms with van der Waals surface area (Å²) in [6.07, 6.45) is 3.28. The molecule has 0 aromatic heterocycles. The third kappa shape index (κ3) is 4.82. The molecule has 0 radical (unpaired) electrons. The van der Waals surface area contributed by atoms with Gasteiger partial charge in [0, 0.05) is 31.6 Å². The number of hydrogen-bond acceptors (Lipinski definition) is 4. The number of amidine groups is 1. The number of likely N-dealkylation sites (N-methyl/N-ethyl adjacent to an activating group) is 1. The van der Waals surface area contributed by atoms with Gasteiger partial charge in [0.15, 0.2) is 0 Å². The zero-order valence-corrected chi connectivity index (χ0v) is 12.0. The number of hydrogen-bond donors (Lipinski definition) is 2. The summed E-state index contributed by atoms with van der Waals surface area (Å²) in [6, 6.07) is 0. The zero-order valence-electron chi connectivity index (χ0n) is 12.0. The van der Waals surface area contributed by atoms with E-state index in [1.807, 2.05) is 13.8 Å². The summed E-state index contributed by atoms with van der Waals surface area (Å²) in [5.74, 6) is 0.335. The van der Waals surface area contributed by atoms with Gasteiger partial charge in [0.1, 0.15) is 5.84 Å². The van der Waals surface area contributed by atoms with Gasteiger partial charge in [-0.15, -0.1) is 0 Å². The van der Waals surface area contributed by atoms with Gasteiger partial charge in [-0.05, 0) is 26.4 Å². The second-order valence-corrected chi connectivity index (χ2v) is 5.97. The van der Waals surface area contributed by atoms with Crippen LogP contribution in [-0.2, 0) is 0 Å². The third-order valence-corrected chi connectivity index (χ3v) is 3.92. The van der Waals surface area contributed by atoms with Gasteiger partial charge < -0.3 is 20.7 Å². The number of nitrogens with zero attached hydrogens (tertiary/aromatic N) is 3. The standard InChI is InChI=1S/C13H28N4O/c1-13(2,12(14)15-18)6-4-5-7-17-10-8-16(3)9-11-17/h18H,4-11H2,1-3H3,(H2,14,15). The maximum atomic E-state index is 8.71. The van der Waals surface area contributed by atoms with Gasteiger partial charge in [-0.1, -0.05) is 25.4 Å². The van der Waals surface area contributed by atoms with Crippen molar-refractivity contribution in [2.24, 2.45) is 16.3 Å². The summed E-state index contributed by atoms with van der Waals surface area (Å²) in [5, 5.41) is 11.8. The average Bonchev–Trinajstić information content (AvgIpc) is 2.35. The van der Waals surface area contributed by atoms with Crippen molar-refractivity contribution in [3.05, 3.63) is 0 Å². The van der Waals surface area contributed by atoms with Crippen molar-refractivity contribution in [2.75, 3.05) is 39.8 Å². The molecule has 0 aliphatic carbocycles. The number of oxime groups is 1. The van der Waals surface area contributed by atoms with Crippen LogP contribution in [0.15, 0.2) is 5.16 Å². The van der Waals surface area contributed by atoms with E-state index in [-0.39, 0.29) is 5.41 Å². The molecule has 0 aromatic carbocycles. The molecule has 18 heavy (non-hydrogen) atoms. The quantitative estimate of drug-likeness (QED) is 0.246. The molecule has 0 amide bonds. The van der Waals surface area contributed by atoms with Gasteiger partial charge in [-0.3, -0.25) is 0 Å².